The van der Waals surface area contributed by atoms with Gasteiger partial charge >= 0.3 is 0 Å². The molecule has 2 heterocycles. The number of nitrogens with one attached hydrogen (secondary N) is 1. The molecule has 2 fully saturated rings. The second-order valence-corrected chi connectivity index (χ2v) is 6.65. The van der Waals surface area contributed by atoms with Crippen LogP contribution >= 0.6 is 0 Å². The first-order chi connectivity index (χ1) is 10.3. The van der Waals surface area contributed by atoms with E-state index in [4.69, 9.17) is 0 Å². The van der Waals surface area contributed by atoms with Crippen LogP contribution in [0.3, 0.4) is 0 Å². The molecular formula is C18H29N3. The molecule has 0 unspecified atom stereocenters. The summed E-state index contributed by atoms with van der Waals surface area (Å²) in [6, 6.07) is 8.97. The van der Waals surface area contributed by atoms with Crippen LogP contribution in [0.15, 0.2) is 24.3 Å². The fourth-order valence-corrected chi connectivity index (χ4v) is 3.52. The first-order valence-electron chi connectivity index (χ1n) is 8.56. The van der Waals surface area contributed by atoms with Gasteiger partial charge in [0.05, 0.1) is 0 Å². The number of rotatable bonds is 4. The predicted molar refractivity (Wildman–Crippen MR) is 90.0 cm³/mol. The molecule has 3 rings (SSSR count). The largest absolute Gasteiger partial charge is 0.369 e. The first-order valence-corrected chi connectivity index (χ1v) is 8.56. The second kappa shape index (κ2) is 7.28. The van der Waals surface area contributed by atoms with Gasteiger partial charge in [-0.15, -0.1) is 0 Å². The fourth-order valence-electron chi connectivity index (χ4n) is 3.52. The molecule has 1 aromatic rings. The molecule has 0 saturated carbocycles. The van der Waals surface area contributed by atoms with E-state index in [1.807, 2.05) is 0 Å². The standard InChI is InChI=1S/C18H29N3/c1-16-2-4-18(5-3-16)21-14-12-20(13-15-21)11-8-17-6-9-19-10-7-17/h2-5,17,19H,6-15H2,1H3. The molecule has 0 atom stereocenters. The summed E-state index contributed by atoms with van der Waals surface area (Å²) in [7, 11) is 0. The molecule has 21 heavy (non-hydrogen) atoms. The van der Waals surface area contributed by atoms with Crippen LogP contribution in [-0.2, 0) is 0 Å². The average Bonchev–Trinajstić information content (AvgIpc) is 2.55. The van der Waals surface area contributed by atoms with Crippen molar-refractivity contribution >= 4 is 5.69 Å². The van der Waals surface area contributed by atoms with Gasteiger partial charge in [-0.1, -0.05) is 17.7 Å². The molecule has 0 spiro atoms. The van der Waals surface area contributed by atoms with E-state index in [9.17, 15) is 0 Å². The highest BCUT2D eigenvalue weighted by atomic mass is 15.3. The number of piperidine rings is 1. The summed E-state index contributed by atoms with van der Waals surface area (Å²) >= 11 is 0. The van der Waals surface area contributed by atoms with Gasteiger partial charge in [0, 0.05) is 31.9 Å². The van der Waals surface area contributed by atoms with E-state index in [0.29, 0.717) is 0 Å². The Labute approximate surface area is 129 Å². The summed E-state index contributed by atoms with van der Waals surface area (Å²) in [5, 5.41) is 3.46. The normalized spacial score (nSPS) is 21.7. The Hall–Kier alpha value is -1.06. The number of nitrogens with zero attached hydrogens (tertiary/aromatic N) is 2. The van der Waals surface area contributed by atoms with Crippen molar-refractivity contribution in [2.24, 2.45) is 5.92 Å². The Bertz CT molecular complexity index is 415. The third-order valence-electron chi connectivity index (χ3n) is 5.08. The minimum absolute atomic E-state index is 0.960. The quantitative estimate of drug-likeness (QED) is 0.918. The Morgan fingerprint density at radius 2 is 1.67 bits per heavy atom. The molecule has 0 aromatic heterocycles. The van der Waals surface area contributed by atoms with E-state index in [1.54, 1.807) is 0 Å². The maximum Gasteiger partial charge on any atom is 0.0367 e. The molecule has 0 radical (unpaired) electrons. The fraction of sp³-hybridized carbons (Fsp3) is 0.667. The molecule has 0 aliphatic carbocycles. The van der Waals surface area contributed by atoms with Gasteiger partial charge in [0.25, 0.3) is 0 Å². The van der Waals surface area contributed by atoms with Crippen LogP contribution in [0.1, 0.15) is 24.8 Å². The number of benzene rings is 1. The van der Waals surface area contributed by atoms with Crippen molar-refractivity contribution in [1.82, 2.24) is 10.2 Å². The van der Waals surface area contributed by atoms with E-state index in [1.165, 1.54) is 76.3 Å². The first kappa shape index (κ1) is 14.9. The maximum atomic E-state index is 3.46. The third kappa shape index (κ3) is 4.21. The van der Waals surface area contributed by atoms with Crippen LogP contribution in [0, 0.1) is 12.8 Å². The molecule has 1 N–H and O–H groups in total. The van der Waals surface area contributed by atoms with Gasteiger partial charge in [0.15, 0.2) is 0 Å². The highest BCUT2D eigenvalue weighted by Crippen LogP contribution is 2.19. The molecule has 0 bridgehead atoms. The van der Waals surface area contributed by atoms with Gasteiger partial charge < -0.3 is 10.2 Å². The van der Waals surface area contributed by atoms with Crippen LogP contribution in [0.4, 0.5) is 5.69 Å². The second-order valence-electron chi connectivity index (χ2n) is 6.65. The Morgan fingerprint density at radius 1 is 1.00 bits per heavy atom. The average molecular weight is 287 g/mol. The molecule has 0 amide bonds. The smallest absolute Gasteiger partial charge is 0.0367 e. The van der Waals surface area contributed by atoms with Crippen LogP contribution < -0.4 is 10.2 Å². The number of piperazine rings is 1. The van der Waals surface area contributed by atoms with Crippen molar-refractivity contribution in [3.8, 4) is 0 Å². The molecule has 3 heteroatoms. The molecular weight excluding hydrogens is 258 g/mol. The molecule has 2 aliphatic rings. The highest BCUT2D eigenvalue weighted by Gasteiger charge is 2.19. The van der Waals surface area contributed by atoms with Crippen LogP contribution in [-0.4, -0.2) is 50.7 Å². The maximum absolute atomic E-state index is 3.46. The van der Waals surface area contributed by atoms with Gasteiger partial charge in [0.1, 0.15) is 0 Å². The van der Waals surface area contributed by atoms with E-state index in [0.717, 1.165) is 5.92 Å². The van der Waals surface area contributed by atoms with Crippen LogP contribution in [0.25, 0.3) is 0 Å². The molecule has 116 valence electrons. The molecule has 1 aromatic carbocycles. The van der Waals surface area contributed by atoms with Gasteiger partial charge in [-0.2, -0.15) is 0 Å². The molecule has 2 saturated heterocycles. The lowest BCUT2D eigenvalue weighted by Crippen LogP contribution is -2.47. The molecule has 2 aliphatic heterocycles. The number of hydrogen-bond donors (Lipinski definition) is 1. The summed E-state index contributed by atoms with van der Waals surface area (Å²) in [6.07, 6.45) is 4.15. The zero-order valence-electron chi connectivity index (χ0n) is 13.4. The van der Waals surface area contributed by atoms with Crippen LogP contribution in [0.5, 0.6) is 0 Å². The lowest BCUT2D eigenvalue weighted by molar-refractivity contribution is 0.224. The Balaban J connectivity index is 1.41. The van der Waals surface area contributed by atoms with E-state index in [2.05, 4.69) is 46.3 Å². The van der Waals surface area contributed by atoms with Crippen molar-refractivity contribution in [3.05, 3.63) is 29.8 Å². The van der Waals surface area contributed by atoms with E-state index in [-0.39, 0.29) is 0 Å². The van der Waals surface area contributed by atoms with Gasteiger partial charge in [-0.3, -0.25) is 4.90 Å². The minimum Gasteiger partial charge on any atom is -0.369 e. The summed E-state index contributed by atoms with van der Waals surface area (Å²) in [6.45, 7) is 10.7. The van der Waals surface area contributed by atoms with Gasteiger partial charge in [-0.05, 0) is 63.9 Å². The number of aryl methyl sites for hydroxylation is 1. The van der Waals surface area contributed by atoms with Gasteiger partial charge in [0.2, 0.25) is 0 Å². The van der Waals surface area contributed by atoms with Crippen molar-refractivity contribution in [1.29, 1.82) is 0 Å². The Morgan fingerprint density at radius 3 is 2.33 bits per heavy atom. The summed E-state index contributed by atoms with van der Waals surface area (Å²) in [5.74, 6) is 0.960. The predicted octanol–water partition coefficient (Wildman–Crippen LogP) is 2.51. The summed E-state index contributed by atoms with van der Waals surface area (Å²) < 4.78 is 0. The zero-order valence-corrected chi connectivity index (χ0v) is 13.4. The Kier molecular flexibility index (Phi) is 5.15. The van der Waals surface area contributed by atoms with E-state index >= 15 is 0 Å². The zero-order chi connectivity index (χ0) is 14.5. The topological polar surface area (TPSA) is 18.5 Å². The minimum atomic E-state index is 0.960. The summed E-state index contributed by atoms with van der Waals surface area (Å²) in [5.41, 5.74) is 2.73. The van der Waals surface area contributed by atoms with Crippen molar-refractivity contribution in [2.75, 3.05) is 50.7 Å². The van der Waals surface area contributed by atoms with Crippen molar-refractivity contribution in [2.45, 2.75) is 26.2 Å². The summed E-state index contributed by atoms with van der Waals surface area (Å²) in [4.78, 5) is 5.19. The number of anilines is 1. The van der Waals surface area contributed by atoms with Crippen molar-refractivity contribution in [3.63, 3.8) is 0 Å². The van der Waals surface area contributed by atoms with Crippen LogP contribution in [0.2, 0.25) is 0 Å². The third-order valence-corrected chi connectivity index (χ3v) is 5.08. The number of hydrogen-bond acceptors (Lipinski definition) is 3. The van der Waals surface area contributed by atoms with E-state index < -0.39 is 0 Å². The van der Waals surface area contributed by atoms with Gasteiger partial charge in [-0.25, -0.2) is 0 Å². The SMILES string of the molecule is Cc1ccc(N2CCN(CCC3CCNCC3)CC2)cc1. The lowest BCUT2D eigenvalue weighted by atomic mass is 9.94. The monoisotopic (exact) mass is 287 g/mol. The lowest BCUT2D eigenvalue weighted by Gasteiger charge is -2.37. The molecule has 3 nitrogen and oxygen atoms in total. The van der Waals surface area contributed by atoms with Crippen molar-refractivity contribution < 1.29 is 0 Å². The highest BCUT2D eigenvalue weighted by molar-refractivity contribution is 5.47.